The molecule has 1 aliphatic rings. The first-order valence-corrected chi connectivity index (χ1v) is 8.00. The van der Waals surface area contributed by atoms with Gasteiger partial charge in [-0.1, -0.05) is 6.07 Å². The Hall–Kier alpha value is -1.65. The Morgan fingerprint density at radius 3 is 2.95 bits per heavy atom. The minimum atomic E-state index is -3.34. The van der Waals surface area contributed by atoms with E-state index >= 15 is 0 Å². The molecular weight excluding hydrogens is 281 g/mol. The van der Waals surface area contributed by atoms with E-state index in [0.717, 1.165) is 6.42 Å². The van der Waals surface area contributed by atoms with Crippen molar-refractivity contribution in [2.45, 2.75) is 18.9 Å². The third kappa shape index (κ3) is 2.92. The van der Waals surface area contributed by atoms with E-state index in [1.807, 2.05) is 11.0 Å². The van der Waals surface area contributed by atoms with Crippen molar-refractivity contribution in [2.24, 2.45) is 0 Å². The number of rotatable bonds is 4. The van der Waals surface area contributed by atoms with E-state index in [0.29, 0.717) is 18.7 Å². The molecule has 1 heterocycles. The molecule has 7 heteroatoms. The highest BCUT2D eigenvalue weighted by Crippen LogP contribution is 2.30. The van der Waals surface area contributed by atoms with Gasteiger partial charge < -0.3 is 4.90 Å². The fourth-order valence-electron chi connectivity index (χ4n) is 2.53. The van der Waals surface area contributed by atoms with Crippen LogP contribution in [0.5, 0.6) is 0 Å². The van der Waals surface area contributed by atoms with Crippen molar-refractivity contribution < 1.29 is 12.8 Å². The van der Waals surface area contributed by atoms with Gasteiger partial charge in [0.1, 0.15) is 17.4 Å². The minimum absolute atomic E-state index is 0.0266. The largest absolute Gasteiger partial charge is 0.366 e. The van der Waals surface area contributed by atoms with Crippen LogP contribution in [0.25, 0.3) is 0 Å². The van der Waals surface area contributed by atoms with Crippen molar-refractivity contribution in [3.8, 4) is 6.07 Å². The van der Waals surface area contributed by atoms with Crippen LogP contribution in [0.4, 0.5) is 10.1 Å². The van der Waals surface area contributed by atoms with Gasteiger partial charge in [0.05, 0.1) is 11.4 Å². The predicted octanol–water partition coefficient (Wildman–Crippen LogP) is 1.22. The van der Waals surface area contributed by atoms with Crippen LogP contribution < -0.4 is 9.62 Å². The number of hydrogen-bond acceptors (Lipinski definition) is 4. The molecule has 1 N–H and O–H groups in total. The fraction of sp³-hybridized carbons (Fsp3) is 0.462. The highest BCUT2D eigenvalue weighted by molar-refractivity contribution is 7.89. The number of nitrogens with zero attached hydrogens (tertiary/aromatic N) is 2. The lowest BCUT2D eigenvalue weighted by Crippen LogP contribution is -2.38. The molecule has 0 spiro atoms. The molecule has 0 amide bonds. The highest BCUT2D eigenvalue weighted by atomic mass is 32.2. The molecule has 1 aromatic rings. The average molecular weight is 297 g/mol. The summed E-state index contributed by atoms with van der Waals surface area (Å²) in [5, 5.41) is 9.08. The zero-order valence-electron chi connectivity index (χ0n) is 11.1. The average Bonchev–Trinajstić information content (AvgIpc) is 2.85. The van der Waals surface area contributed by atoms with Crippen molar-refractivity contribution in [3.05, 3.63) is 29.6 Å². The zero-order valence-corrected chi connectivity index (χ0v) is 12.0. The SMILES string of the molecule is CNS(=O)(=O)C[C@@H]1CCCN1c1cccc(F)c1C#N. The monoisotopic (exact) mass is 297 g/mol. The van der Waals surface area contributed by atoms with Crippen LogP contribution in [0.15, 0.2) is 18.2 Å². The Morgan fingerprint density at radius 1 is 1.55 bits per heavy atom. The third-order valence-electron chi connectivity index (χ3n) is 3.51. The van der Waals surface area contributed by atoms with Crippen LogP contribution in [0.3, 0.4) is 0 Å². The molecule has 1 aliphatic heterocycles. The maximum absolute atomic E-state index is 13.7. The molecule has 0 bridgehead atoms. The van der Waals surface area contributed by atoms with Crippen LogP contribution >= 0.6 is 0 Å². The Morgan fingerprint density at radius 2 is 2.30 bits per heavy atom. The normalized spacial score (nSPS) is 19.1. The summed E-state index contributed by atoms with van der Waals surface area (Å²) in [6.07, 6.45) is 1.54. The molecule has 1 atom stereocenters. The standard InChI is InChI=1S/C13H16FN3O2S/c1-16-20(18,19)9-10-4-3-7-17(10)13-6-2-5-12(14)11(13)8-15/h2,5-6,10,16H,3-4,7,9H2,1H3/t10-/m0/s1. The van der Waals surface area contributed by atoms with Crippen LogP contribution in [-0.4, -0.2) is 33.8 Å². The van der Waals surface area contributed by atoms with Crippen LogP contribution in [0.1, 0.15) is 18.4 Å². The summed E-state index contributed by atoms with van der Waals surface area (Å²) in [5.74, 6) is -0.627. The van der Waals surface area contributed by atoms with Crippen molar-refractivity contribution in [2.75, 3.05) is 24.2 Å². The van der Waals surface area contributed by atoms with E-state index in [4.69, 9.17) is 5.26 Å². The van der Waals surface area contributed by atoms with Gasteiger partial charge in [-0.15, -0.1) is 0 Å². The molecule has 5 nitrogen and oxygen atoms in total. The number of sulfonamides is 1. The fourth-order valence-corrected chi connectivity index (χ4v) is 3.55. The topological polar surface area (TPSA) is 73.2 Å². The maximum Gasteiger partial charge on any atom is 0.213 e. The van der Waals surface area contributed by atoms with Gasteiger partial charge in [-0.3, -0.25) is 0 Å². The lowest BCUT2D eigenvalue weighted by molar-refractivity contribution is 0.577. The quantitative estimate of drug-likeness (QED) is 0.907. The summed E-state index contributed by atoms with van der Waals surface area (Å²) >= 11 is 0. The summed E-state index contributed by atoms with van der Waals surface area (Å²) in [6.45, 7) is 0.627. The maximum atomic E-state index is 13.7. The molecule has 2 rings (SSSR count). The summed E-state index contributed by atoms with van der Waals surface area (Å²) in [7, 11) is -1.97. The third-order valence-corrected chi connectivity index (χ3v) is 4.96. The molecule has 108 valence electrons. The molecule has 1 saturated heterocycles. The lowest BCUT2D eigenvalue weighted by Gasteiger charge is -2.27. The second-order valence-corrected chi connectivity index (χ2v) is 6.69. The molecule has 0 radical (unpaired) electrons. The van der Waals surface area contributed by atoms with E-state index in [-0.39, 0.29) is 17.4 Å². The predicted molar refractivity (Wildman–Crippen MR) is 74.3 cm³/mol. The summed E-state index contributed by atoms with van der Waals surface area (Å²) in [4.78, 5) is 1.82. The van der Waals surface area contributed by atoms with Gasteiger partial charge >= 0.3 is 0 Å². The molecule has 1 fully saturated rings. The van der Waals surface area contributed by atoms with Crippen molar-refractivity contribution in [3.63, 3.8) is 0 Å². The second kappa shape index (κ2) is 5.77. The number of nitrogens with one attached hydrogen (secondary N) is 1. The zero-order chi connectivity index (χ0) is 14.8. The molecule has 20 heavy (non-hydrogen) atoms. The Balaban J connectivity index is 2.33. The number of halogens is 1. The highest BCUT2D eigenvalue weighted by Gasteiger charge is 2.30. The van der Waals surface area contributed by atoms with Crippen LogP contribution in [-0.2, 0) is 10.0 Å². The van der Waals surface area contributed by atoms with Gasteiger partial charge in [-0.25, -0.2) is 17.5 Å². The number of benzene rings is 1. The van der Waals surface area contributed by atoms with Gasteiger partial charge in [0.25, 0.3) is 0 Å². The first kappa shape index (κ1) is 14.8. The molecule has 0 saturated carbocycles. The molecule has 1 aromatic carbocycles. The van der Waals surface area contributed by atoms with E-state index in [9.17, 15) is 12.8 Å². The van der Waals surface area contributed by atoms with E-state index in [1.165, 1.54) is 19.2 Å². The number of nitriles is 1. The van der Waals surface area contributed by atoms with Crippen LogP contribution in [0.2, 0.25) is 0 Å². The van der Waals surface area contributed by atoms with Gasteiger partial charge in [-0.2, -0.15) is 5.26 Å². The first-order valence-electron chi connectivity index (χ1n) is 6.35. The number of hydrogen-bond donors (Lipinski definition) is 1. The second-order valence-electron chi connectivity index (χ2n) is 4.72. The molecule has 0 aliphatic carbocycles. The van der Waals surface area contributed by atoms with Gasteiger partial charge in [0.2, 0.25) is 10.0 Å². The van der Waals surface area contributed by atoms with Gasteiger partial charge in [-0.05, 0) is 32.0 Å². The molecular formula is C13H16FN3O2S. The van der Waals surface area contributed by atoms with Crippen LogP contribution in [0, 0.1) is 17.1 Å². The van der Waals surface area contributed by atoms with Crippen molar-refractivity contribution in [1.29, 1.82) is 5.26 Å². The van der Waals surface area contributed by atoms with E-state index in [2.05, 4.69) is 4.72 Å². The summed E-state index contributed by atoms with van der Waals surface area (Å²) in [6, 6.07) is 6.05. The molecule has 0 aromatic heterocycles. The Labute approximate surface area is 118 Å². The van der Waals surface area contributed by atoms with Crippen molar-refractivity contribution in [1.82, 2.24) is 4.72 Å². The van der Waals surface area contributed by atoms with Gasteiger partial charge in [0.15, 0.2) is 0 Å². The Kier molecular flexibility index (Phi) is 4.26. The first-order chi connectivity index (χ1) is 9.48. The van der Waals surface area contributed by atoms with E-state index < -0.39 is 15.8 Å². The van der Waals surface area contributed by atoms with Crippen molar-refractivity contribution >= 4 is 15.7 Å². The van der Waals surface area contributed by atoms with Gasteiger partial charge in [0, 0.05) is 12.6 Å². The lowest BCUT2D eigenvalue weighted by atomic mass is 10.1. The smallest absolute Gasteiger partial charge is 0.213 e. The Bertz CT molecular complexity index is 640. The van der Waals surface area contributed by atoms with E-state index in [1.54, 1.807) is 6.07 Å². The molecule has 0 unspecified atom stereocenters. The summed E-state index contributed by atoms with van der Waals surface area (Å²) in [5.41, 5.74) is 0.447. The number of anilines is 1. The summed E-state index contributed by atoms with van der Waals surface area (Å²) < 4.78 is 39.3. The minimum Gasteiger partial charge on any atom is -0.366 e.